The predicted molar refractivity (Wildman–Crippen MR) is 118 cm³/mol. The fourth-order valence-corrected chi connectivity index (χ4v) is 4.17. The van der Waals surface area contributed by atoms with E-state index in [1.165, 1.54) is 32.1 Å². The molecule has 0 amide bonds. The van der Waals surface area contributed by atoms with E-state index in [1.54, 1.807) is 6.33 Å². The molecule has 8 heteroatoms. The van der Waals surface area contributed by atoms with E-state index < -0.39 is 0 Å². The first-order chi connectivity index (χ1) is 13.8. The van der Waals surface area contributed by atoms with Gasteiger partial charge >= 0.3 is 0 Å². The molecule has 1 aliphatic carbocycles. The predicted octanol–water partition coefficient (Wildman–Crippen LogP) is 2.50. The van der Waals surface area contributed by atoms with Crippen LogP contribution in [0.2, 0.25) is 0 Å². The molecule has 3 rings (SSSR count). The molecular formula is C20H34N6OS. The Morgan fingerprint density at radius 1 is 1.21 bits per heavy atom. The number of hydrogen-bond donors (Lipinski definition) is 2. The zero-order valence-corrected chi connectivity index (χ0v) is 17.8. The maximum atomic E-state index is 5.53. The topological polar surface area (TPSA) is 65.5 Å². The molecule has 2 heterocycles. The number of thiocarbonyl (C=S) groups is 1. The van der Waals surface area contributed by atoms with Gasteiger partial charge in [0.25, 0.3) is 0 Å². The Morgan fingerprint density at radius 3 is 2.75 bits per heavy atom. The molecule has 7 nitrogen and oxygen atoms in total. The molecular weight excluding hydrogens is 372 g/mol. The summed E-state index contributed by atoms with van der Waals surface area (Å²) in [6.45, 7) is 9.49. The van der Waals surface area contributed by atoms with Gasteiger partial charge in [-0.3, -0.25) is 4.90 Å². The Kier molecular flexibility index (Phi) is 8.70. The fourth-order valence-electron chi connectivity index (χ4n) is 3.98. The van der Waals surface area contributed by atoms with Crippen LogP contribution in [0.25, 0.3) is 0 Å². The van der Waals surface area contributed by atoms with Crippen LogP contribution in [0.4, 0.5) is 11.5 Å². The van der Waals surface area contributed by atoms with Crippen molar-refractivity contribution in [3.63, 3.8) is 0 Å². The first-order valence-electron chi connectivity index (χ1n) is 10.7. The Balaban J connectivity index is 1.48. The molecule has 2 aliphatic rings. The molecule has 1 saturated heterocycles. The second-order valence-corrected chi connectivity index (χ2v) is 8.03. The van der Waals surface area contributed by atoms with Gasteiger partial charge in [0, 0.05) is 45.9 Å². The molecule has 2 fully saturated rings. The van der Waals surface area contributed by atoms with E-state index in [0.717, 1.165) is 69.9 Å². The Labute approximate surface area is 174 Å². The Morgan fingerprint density at radius 2 is 2.00 bits per heavy atom. The zero-order valence-electron chi connectivity index (χ0n) is 17.0. The third-order valence-corrected chi connectivity index (χ3v) is 5.89. The SMILES string of the molecule is CCOCCN1CCN(c2ncncc2NC(=S)NCC2CCCCC2)CC1. The minimum atomic E-state index is 0.664. The molecule has 1 aromatic rings. The Bertz CT molecular complexity index is 602. The minimum absolute atomic E-state index is 0.664. The van der Waals surface area contributed by atoms with Crippen LogP contribution in [0.3, 0.4) is 0 Å². The van der Waals surface area contributed by atoms with Gasteiger partial charge in [0.15, 0.2) is 10.9 Å². The number of nitrogens with zero attached hydrogens (tertiary/aromatic N) is 4. The molecule has 0 spiro atoms. The van der Waals surface area contributed by atoms with Gasteiger partial charge < -0.3 is 20.3 Å². The highest BCUT2D eigenvalue weighted by Crippen LogP contribution is 2.24. The molecule has 0 unspecified atom stereocenters. The van der Waals surface area contributed by atoms with Crippen LogP contribution < -0.4 is 15.5 Å². The van der Waals surface area contributed by atoms with E-state index in [4.69, 9.17) is 17.0 Å². The maximum Gasteiger partial charge on any atom is 0.170 e. The lowest BCUT2D eigenvalue weighted by Crippen LogP contribution is -2.48. The van der Waals surface area contributed by atoms with Crippen LogP contribution in [0, 0.1) is 5.92 Å². The highest BCUT2D eigenvalue weighted by molar-refractivity contribution is 7.80. The van der Waals surface area contributed by atoms with Gasteiger partial charge in [-0.1, -0.05) is 19.3 Å². The van der Waals surface area contributed by atoms with E-state index in [1.807, 2.05) is 13.1 Å². The van der Waals surface area contributed by atoms with E-state index in [-0.39, 0.29) is 0 Å². The summed E-state index contributed by atoms with van der Waals surface area (Å²) in [5.41, 5.74) is 0.881. The number of nitrogens with one attached hydrogen (secondary N) is 2. The summed E-state index contributed by atoms with van der Waals surface area (Å²) >= 11 is 5.53. The smallest absolute Gasteiger partial charge is 0.170 e. The van der Waals surface area contributed by atoms with Crippen LogP contribution in [0.1, 0.15) is 39.0 Å². The highest BCUT2D eigenvalue weighted by atomic mass is 32.1. The monoisotopic (exact) mass is 406 g/mol. The average Bonchev–Trinajstić information content (AvgIpc) is 2.74. The van der Waals surface area contributed by atoms with E-state index in [2.05, 4.69) is 30.4 Å². The van der Waals surface area contributed by atoms with Gasteiger partial charge in [-0.05, 0) is 37.9 Å². The summed E-state index contributed by atoms with van der Waals surface area (Å²) in [4.78, 5) is 13.5. The third kappa shape index (κ3) is 6.53. The number of rotatable bonds is 8. The van der Waals surface area contributed by atoms with Crippen molar-refractivity contribution >= 4 is 28.8 Å². The van der Waals surface area contributed by atoms with Crippen LogP contribution >= 0.6 is 12.2 Å². The van der Waals surface area contributed by atoms with Crippen molar-refractivity contribution in [1.82, 2.24) is 20.2 Å². The zero-order chi connectivity index (χ0) is 19.6. The molecule has 0 aromatic carbocycles. The van der Waals surface area contributed by atoms with Crippen molar-refractivity contribution in [3.8, 4) is 0 Å². The van der Waals surface area contributed by atoms with E-state index >= 15 is 0 Å². The lowest BCUT2D eigenvalue weighted by molar-refractivity contribution is 0.111. The lowest BCUT2D eigenvalue weighted by atomic mass is 9.89. The van der Waals surface area contributed by atoms with Crippen molar-refractivity contribution < 1.29 is 4.74 Å². The molecule has 0 atom stereocenters. The summed E-state index contributed by atoms with van der Waals surface area (Å²) in [6.07, 6.45) is 10.1. The number of ether oxygens (including phenoxy) is 1. The molecule has 28 heavy (non-hydrogen) atoms. The van der Waals surface area contributed by atoms with Gasteiger partial charge in [0.1, 0.15) is 12.0 Å². The summed E-state index contributed by atoms with van der Waals surface area (Å²) in [5, 5.41) is 7.38. The van der Waals surface area contributed by atoms with Crippen molar-refractivity contribution in [2.45, 2.75) is 39.0 Å². The number of aromatic nitrogens is 2. The van der Waals surface area contributed by atoms with Gasteiger partial charge in [-0.15, -0.1) is 0 Å². The second kappa shape index (κ2) is 11.5. The van der Waals surface area contributed by atoms with Gasteiger partial charge in [-0.25, -0.2) is 9.97 Å². The summed E-state index contributed by atoms with van der Waals surface area (Å²) in [6, 6.07) is 0. The first-order valence-corrected chi connectivity index (χ1v) is 11.1. The van der Waals surface area contributed by atoms with Gasteiger partial charge in [-0.2, -0.15) is 0 Å². The summed E-state index contributed by atoms with van der Waals surface area (Å²) < 4.78 is 5.47. The lowest BCUT2D eigenvalue weighted by Gasteiger charge is -2.36. The quantitative estimate of drug-likeness (QED) is 0.504. The largest absolute Gasteiger partial charge is 0.380 e. The standard InChI is InChI=1S/C20H34N6OS/c1-2-27-13-12-25-8-10-26(11-9-25)19-18(15-21-16-23-19)24-20(28)22-14-17-6-4-3-5-7-17/h15-17H,2-14H2,1H3,(H2,22,24,28). The molecule has 1 aromatic heterocycles. The Hall–Kier alpha value is -1.51. The summed E-state index contributed by atoms with van der Waals surface area (Å²) in [7, 11) is 0. The molecule has 2 N–H and O–H groups in total. The number of piperazine rings is 1. The third-order valence-electron chi connectivity index (χ3n) is 5.64. The van der Waals surface area contributed by atoms with Crippen molar-refractivity contribution in [3.05, 3.63) is 12.5 Å². The fraction of sp³-hybridized carbons (Fsp3) is 0.750. The van der Waals surface area contributed by atoms with Crippen LogP contribution in [-0.2, 0) is 4.74 Å². The average molecular weight is 407 g/mol. The van der Waals surface area contributed by atoms with Crippen LogP contribution in [-0.4, -0.2) is 72.5 Å². The van der Waals surface area contributed by atoms with Crippen LogP contribution in [0.5, 0.6) is 0 Å². The van der Waals surface area contributed by atoms with Gasteiger partial charge in [0.2, 0.25) is 0 Å². The highest BCUT2D eigenvalue weighted by Gasteiger charge is 2.21. The van der Waals surface area contributed by atoms with Crippen LogP contribution in [0.15, 0.2) is 12.5 Å². The number of anilines is 2. The first kappa shape index (κ1) is 21.2. The normalized spacial score (nSPS) is 18.8. The molecule has 0 bridgehead atoms. The van der Waals surface area contributed by atoms with Crippen molar-refractivity contribution in [2.24, 2.45) is 5.92 Å². The van der Waals surface area contributed by atoms with E-state index in [0.29, 0.717) is 5.11 Å². The van der Waals surface area contributed by atoms with Gasteiger partial charge in [0.05, 0.1) is 12.8 Å². The second-order valence-electron chi connectivity index (χ2n) is 7.62. The van der Waals surface area contributed by atoms with E-state index in [9.17, 15) is 0 Å². The summed E-state index contributed by atoms with van der Waals surface area (Å²) in [5.74, 6) is 1.67. The number of hydrogen-bond acceptors (Lipinski definition) is 6. The van der Waals surface area contributed by atoms with Crippen molar-refractivity contribution in [1.29, 1.82) is 0 Å². The molecule has 156 valence electrons. The molecule has 1 aliphatic heterocycles. The van der Waals surface area contributed by atoms with Crippen molar-refractivity contribution in [2.75, 3.05) is 62.7 Å². The molecule has 1 saturated carbocycles. The molecule has 0 radical (unpaired) electrons. The maximum absolute atomic E-state index is 5.53. The minimum Gasteiger partial charge on any atom is -0.380 e.